The van der Waals surface area contributed by atoms with Crippen molar-refractivity contribution in [2.24, 2.45) is 0 Å². The molecule has 0 unspecified atom stereocenters. The molecular formula is C18H27FN2O. The van der Waals surface area contributed by atoms with E-state index in [-0.39, 0.29) is 11.7 Å². The Morgan fingerprint density at radius 3 is 2.59 bits per heavy atom. The van der Waals surface area contributed by atoms with Crippen molar-refractivity contribution in [1.82, 2.24) is 10.2 Å². The number of nitrogens with one attached hydrogen (secondary N) is 1. The number of carbonyl (C=O) groups excluding carboxylic acids is 1. The Morgan fingerprint density at radius 2 is 1.91 bits per heavy atom. The summed E-state index contributed by atoms with van der Waals surface area (Å²) in [6.07, 6.45) is 7.72. The van der Waals surface area contributed by atoms with Crippen molar-refractivity contribution >= 4 is 5.91 Å². The summed E-state index contributed by atoms with van der Waals surface area (Å²) in [5.41, 5.74) is 0.996. The molecule has 0 aromatic heterocycles. The van der Waals surface area contributed by atoms with Gasteiger partial charge in [0, 0.05) is 25.6 Å². The average Bonchev–Trinajstić information content (AvgIpc) is 2.55. The highest BCUT2D eigenvalue weighted by molar-refractivity contribution is 5.76. The second-order valence-corrected chi connectivity index (χ2v) is 6.25. The van der Waals surface area contributed by atoms with Crippen LogP contribution in [0, 0.1) is 5.82 Å². The topological polar surface area (TPSA) is 32.3 Å². The van der Waals surface area contributed by atoms with Gasteiger partial charge in [-0.3, -0.25) is 4.79 Å². The van der Waals surface area contributed by atoms with Crippen LogP contribution in [0.15, 0.2) is 24.3 Å². The lowest BCUT2D eigenvalue weighted by Gasteiger charge is -2.31. The predicted octanol–water partition coefficient (Wildman–Crippen LogP) is 3.14. The van der Waals surface area contributed by atoms with Crippen molar-refractivity contribution < 1.29 is 9.18 Å². The van der Waals surface area contributed by atoms with Gasteiger partial charge in [-0.2, -0.15) is 0 Å². The minimum absolute atomic E-state index is 0.0707. The van der Waals surface area contributed by atoms with E-state index >= 15 is 0 Å². The zero-order valence-electron chi connectivity index (χ0n) is 13.5. The SMILES string of the molecule is CN(CCNC(=O)CCc1ccc(F)cc1)C1CCCCC1. The maximum atomic E-state index is 12.8. The molecular weight excluding hydrogens is 279 g/mol. The molecule has 0 atom stereocenters. The van der Waals surface area contributed by atoms with Gasteiger partial charge < -0.3 is 10.2 Å². The monoisotopic (exact) mass is 306 g/mol. The third-order valence-electron chi connectivity index (χ3n) is 4.54. The van der Waals surface area contributed by atoms with Crippen LogP contribution in [0.4, 0.5) is 4.39 Å². The van der Waals surface area contributed by atoms with Crippen LogP contribution < -0.4 is 5.32 Å². The van der Waals surface area contributed by atoms with E-state index in [0.717, 1.165) is 12.1 Å². The summed E-state index contributed by atoms with van der Waals surface area (Å²) >= 11 is 0. The number of carbonyl (C=O) groups is 1. The van der Waals surface area contributed by atoms with Crippen LogP contribution in [0.2, 0.25) is 0 Å². The second kappa shape index (κ2) is 8.89. The molecule has 3 nitrogen and oxygen atoms in total. The van der Waals surface area contributed by atoms with Gasteiger partial charge >= 0.3 is 0 Å². The number of likely N-dealkylation sites (N-methyl/N-ethyl adjacent to an activating group) is 1. The van der Waals surface area contributed by atoms with Gasteiger partial charge in [0.2, 0.25) is 5.91 Å². The lowest BCUT2D eigenvalue weighted by atomic mass is 9.94. The zero-order chi connectivity index (χ0) is 15.8. The molecule has 0 heterocycles. The number of hydrogen-bond acceptors (Lipinski definition) is 2. The molecule has 0 aliphatic heterocycles. The summed E-state index contributed by atoms with van der Waals surface area (Å²) in [6.45, 7) is 1.61. The minimum atomic E-state index is -0.237. The van der Waals surface area contributed by atoms with Gasteiger partial charge in [-0.25, -0.2) is 4.39 Å². The van der Waals surface area contributed by atoms with Crippen LogP contribution in [0.5, 0.6) is 0 Å². The molecule has 1 aliphatic rings. The van der Waals surface area contributed by atoms with Crippen molar-refractivity contribution in [3.8, 4) is 0 Å². The van der Waals surface area contributed by atoms with Crippen molar-refractivity contribution in [1.29, 1.82) is 0 Å². The van der Waals surface area contributed by atoms with E-state index in [9.17, 15) is 9.18 Å². The normalized spacial score (nSPS) is 16.0. The van der Waals surface area contributed by atoms with Crippen molar-refractivity contribution in [2.45, 2.75) is 51.0 Å². The van der Waals surface area contributed by atoms with E-state index in [0.29, 0.717) is 25.4 Å². The molecule has 0 saturated heterocycles. The standard InChI is InChI=1S/C18H27FN2O/c1-21(17-5-3-2-4-6-17)14-13-20-18(22)12-9-15-7-10-16(19)11-8-15/h7-8,10-11,17H,2-6,9,12-14H2,1H3,(H,20,22). The Bertz CT molecular complexity index is 455. The van der Waals surface area contributed by atoms with E-state index < -0.39 is 0 Å². The van der Waals surface area contributed by atoms with Crippen LogP contribution in [0.25, 0.3) is 0 Å². The van der Waals surface area contributed by atoms with E-state index in [1.807, 2.05) is 0 Å². The summed E-state index contributed by atoms with van der Waals surface area (Å²) in [7, 11) is 2.15. The first kappa shape index (κ1) is 16.9. The van der Waals surface area contributed by atoms with Crippen LogP contribution >= 0.6 is 0 Å². The van der Waals surface area contributed by atoms with Crippen LogP contribution in [0.3, 0.4) is 0 Å². The number of nitrogens with zero attached hydrogens (tertiary/aromatic N) is 1. The molecule has 0 radical (unpaired) electrons. The average molecular weight is 306 g/mol. The molecule has 0 bridgehead atoms. The summed E-state index contributed by atoms with van der Waals surface area (Å²) in [4.78, 5) is 14.2. The summed E-state index contributed by atoms with van der Waals surface area (Å²) in [6, 6.07) is 7.03. The summed E-state index contributed by atoms with van der Waals surface area (Å²) < 4.78 is 12.8. The first-order chi connectivity index (χ1) is 10.6. The van der Waals surface area contributed by atoms with E-state index in [2.05, 4.69) is 17.3 Å². The first-order valence-corrected chi connectivity index (χ1v) is 8.36. The Kier molecular flexibility index (Phi) is 6.84. The number of hydrogen-bond donors (Lipinski definition) is 1. The number of benzene rings is 1. The molecule has 0 spiro atoms. The fourth-order valence-electron chi connectivity index (χ4n) is 3.07. The first-order valence-electron chi connectivity index (χ1n) is 8.36. The Morgan fingerprint density at radius 1 is 1.23 bits per heavy atom. The van der Waals surface area contributed by atoms with Crippen LogP contribution in [-0.4, -0.2) is 37.0 Å². The lowest BCUT2D eigenvalue weighted by Crippen LogP contribution is -2.39. The van der Waals surface area contributed by atoms with Gasteiger partial charge in [0.15, 0.2) is 0 Å². The lowest BCUT2D eigenvalue weighted by molar-refractivity contribution is -0.121. The maximum absolute atomic E-state index is 12.8. The number of halogens is 1. The Balaban J connectivity index is 1.60. The zero-order valence-corrected chi connectivity index (χ0v) is 13.5. The Labute approximate surface area is 132 Å². The van der Waals surface area contributed by atoms with Gasteiger partial charge in [0.25, 0.3) is 0 Å². The van der Waals surface area contributed by atoms with Gasteiger partial charge in [0.1, 0.15) is 5.82 Å². The molecule has 1 aromatic rings. The molecule has 1 amide bonds. The highest BCUT2D eigenvalue weighted by Gasteiger charge is 2.17. The number of rotatable bonds is 7. The van der Waals surface area contributed by atoms with Crippen molar-refractivity contribution in [3.05, 3.63) is 35.6 Å². The fourth-order valence-corrected chi connectivity index (χ4v) is 3.07. The summed E-state index contributed by atoms with van der Waals surface area (Å²) in [5.74, 6) is -0.166. The van der Waals surface area contributed by atoms with Crippen LogP contribution in [-0.2, 0) is 11.2 Å². The largest absolute Gasteiger partial charge is 0.355 e. The molecule has 1 aromatic carbocycles. The molecule has 1 fully saturated rings. The highest BCUT2D eigenvalue weighted by Crippen LogP contribution is 2.21. The highest BCUT2D eigenvalue weighted by atomic mass is 19.1. The molecule has 1 N–H and O–H groups in total. The summed E-state index contributed by atoms with van der Waals surface area (Å²) in [5, 5.41) is 2.98. The third kappa shape index (κ3) is 5.76. The molecule has 4 heteroatoms. The van der Waals surface area contributed by atoms with E-state index in [1.165, 1.54) is 44.2 Å². The smallest absolute Gasteiger partial charge is 0.220 e. The van der Waals surface area contributed by atoms with Crippen LogP contribution in [0.1, 0.15) is 44.1 Å². The minimum Gasteiger partial charge on any atom is -0.355 e. The van der Waals surface area contributed by atoms with Crippen molar-refractivity contribution in [3.63, 3.8) is 0 Å². The van der Waals surface area contributed by atoms with Gasteiger partial charge in [-0.15, -0.1) is 0 Å². The van der Waals surface area contributed by atoms with Gasteiger partial charge in [-0.05, 0) is 44.0 Å². The third-order valence-corrected chi connectivity index (χ3v) is 4.54. The van der Waals surface area contributed by atoms with E-state index in [1.54, 1.807) is 12.1 Å². The molecule has 1 saturated carbocycles. The fraction of sp³-hybridized carbons (Fsp3) is 0.611. The van der Waals surface area contributed by atoms with Gasteiger partial charge in [-0.1, -0.05) is 31.4 Å². The molecule has 22 heavy (non-hydrogen) atoms. The van der Waals surface area contributed by atoms with Gasteiger partial charge in [0.05, 0.1) is 0 Å². The Hall–Kier alpha value is -1.42. The van der Waals surface area contributed by atoms with Crippen molar-refractivity contribution in [2.75, 3.05) is 20.1 Å². The molecule has 1 aliphatic carbocycles. The quantitative estimate of drug-likeness (QED) is 0.839. The number of aryl methyl sites for hydroxylation is 1. The predicted molar refractivity (Wildman–Crippen MR) is 87.2 cm³/mol. The maximum Gasteiger partial charge on any atom is 0.220 e. The molecule has 2 rings (SSSR count). The second-order valence-electron chi connectivity index (χ2n) is 6.25. The number of amides is 1. The van der Waals surface area contributed by atoms with E-state index in [4.69, 9.17) is 0 Å². The molecule has 122 valence electrons.